The number of carbonyl (C=O) groups excluding carboxylic acids is 1. The highest BCUT2D eigenvalue weighted by molar-refractivity contribution is 5.85. The first kappa shape index (κ1) is 24.8. The average Bonchev–Trinajstić information content (AvgIpc) is 2.34. The molecule has 0 aromatic heterocycles. The largest absolute Gasteiger partial charge is 0.471 e. The van der Waals surface area contributed by atoms with E-state index in [1.807, 2.05) is 0 Å². The van der Waals surface area contributed by atoms with E-state index in [2.05, 4.69) is 46.9 Å². The van der Waals surface area contributed by atoms with Crippen molar-refractivity contribution in [2.24, 2.45) is 27.4 Å². The second kappa shape index (κ2) is 7.29. The van der Waals surface area contributed by atoms with Gasteiger partial charge in [0.15, 0.2) is 0 Å². The Morgan fingerprint density at radius 2 is 1.21 bits per heavy atom. The Hall–Kier alpha value is -0.490. The maximum absolute atomic E-state index is 12.1. The number of hydrogen-bond donors (Lipinski definition) is 2. The van der Waals surface area contributed by atoms with Crippen LogP contribution in [0.2, 0.25) is 0 Å². The Morgan fingerprint density at radius 1 is 0.897 bits per heavy atom. The minimum atomic E-state index is -4.76. The quantitative estimate of drug-likeness (QED) is 0.524. The van der Waals surface area contributed by atoms with E-state index in [-0.39, 0.29) is 28.8 Å². The monoisotopic (exact) mass is 441 g/mol. The van der Waals surface area contributed by atoms with Crippen molar-refractivity contribution in [3.63, 3.8) is 0 Å². The van der Waals surface area contributed by atoms with E-state index in [1.54, 1.807) is 6.92 Å². The Morgan fingerprint density at radius 3 is 1.41 bits per heavy atom. The summed E-state index contributed by atoms with van der Waals surface area (Å²) < 4.78 is 42.4. The van der Waals surface area contributed by atoms with Gasteiger partial charge in [0.25, 0.3) is 0 Å². The molecular formula is C22H40ClF3N2O. The highest BCUT2D eigenvalue weighted by Gasteiger charge is 2.73. The normalized spacial score (nSPS) is 39.1. The number of nitrogens with two attached hydrogens (primary N) is 1. The van der Waals surface area contributed by atoms with Crippen molar-refractivity contribution in [2.45, 2.75) is 111 Å². The molecule has 6 saturated carbocycles. The summed E-state index contributed by atoms with van der Waals surface area (Å²) in [5.41, 5.74) is 7.09. The van der Waals surface area contributed by atoms with Crippen LogP contribution >= 0.6 is 12.4 Å². The molecule has 0 radical (unpaired) electrons. The molecule has 6 rings (SSSR count). The Balaban J connectivity index is 0.000000276. The van der Waals surface area contributed by atoms with Crippen molar-refractivity contribution >= 4 is 18.3 Å². The number of rotatable bonds is 1. The molecule has 0 aromatic carbocycles. The van der Waals surface area contributed by atoms with Crippen LogP contribution in [0.25, 0.3) is 0 Å². The van der Waals surface area contributed by atoms with E-state index in [0.717, 1.165) is 0 Å². The van der Waals surface area contributed by atoms with Crippen LogP contribution in [0.3, 0.4) is 0 Å². The van der Waals surface area contributed by atoms with Crippen LogP contribution < -0.4 is 11.1 Å². The van der Waals surface area contributed by atoms with Crippen LogP contribution in [0.4, 0.5) is 13.2 Å². The first-order valence-corrected chi connectivity index (χ1v) is 10.3. The summed E-state index contributed by atoms with van der Waals surface area (Å²) in [5, 5.41) is 2.13. The molecule has 172 valence electrons. The molecule has 6 aliphatic rings. The van der Waals surface area contributed by atoms with Gasteiger partial charge in [0.1, 0.15) is 0 Å². The second-order valence-electron chi connectivity index (χ2n) is 11.7. The number of hydrogen-bond acceptors (Lipinski definition) is 2. The summed E-state index contributed by atoms with van der Waals surface area (Å²) in [7, 11) is 0. The van der Waals surface area contributed by atoms with Gasteiger partial charge in [0.05, 0.1) is 0 Å². The first-order chi connectivity index (χ1) is 12.8. The minimum Gasteiger partial charge on any atom is -0.343 e. The molecular weight excluding hydrogens is 401 g/mol. The second-order valence-corrected chi connectivity index (χ2v) is 11.7. The van der Waals surface area contributed by atoms with Crippen LogP contribution in [-0.2, 0) is 4.79 Å². The molecule has 0 aliphatic heterocycles. The highest BCUT2D eigenvalue weighted by Crippen LogP contribution is 2.74. The zero-order chi connectivity index (χ0) is 22.7. The number of halogens is 4. The van der Waals surface area contributed by atoms with Gasteiger partial charge in [-0.15, -0.1) is 12.4 Å². The lowest BCUT2D eigenvalue weighted by Gasteiger charge is -2.75. The Kier molecular flexibility index (Phi) is 6.23. The molecule has 3 N–H and O–H groups in total. The molecule has 29 heavy (non-hydrogen) atoms. The molecule has 0 heterocycles. The van der Waals surface area contributed by atoms with Crippen molar-refractivity contribution in [1.29, 1.82) is 0 Å². The summed E-state index contributed by atoms with van der Waals surface area (Å²) in [4.78, 5) is 10.8. The van der Waals surface area contributed by atoms with Gasteiger partial charge in [-0.1, -0.05) is 55.4 Å². The fourth-order valence-corrected chi connectivity index (χ4v) is 5.69. The molecule has 6 fully saturated rings. The molecule has 1 amide bonds. The highest BCUT2D eigenvalue weighted by atomic mass is 35.5. The number of carbonyl (C=O) groups is 1. The summed E-state index contributed by atoms with van der Waals surface area (Å²) >= 11 is 0. The molecule has 4 bridgehead atoms. The minimum absolute atomic E-state index is 0. The predicted octanol–water partition coefficient (Wildman–Crippen LogP) is 6.00. The topological polar surface area (TPSA) is 55.1 Å². The van der Waals surface area contributed by atoms with E-state index < -0.39 is 17.6 Å². The maximum Gasteiger partial charge on any atom is 0.471 e. The standard InChI is InChI=1S/C11H16F3NO.C9H17N.C2H6.ClH/c1-8(2,3)9-4-10(5-9,6-9)15-7(16)11(12,13)14;1-7(2,3)8-4-9(10,5-8)6-8;1-2;/h4-6H2,1-3H3,(H,15,16);4-6,10H2,1-3H3;1-2H3;1H/i;;1D;. The van der Waals surface area contributed by atoms with Crippen molar-refractivity contribution < 1.29 is 19.3 Å². The Labute approximate surface area is 181 Å². The summed E-state index contributed by atoms with van der Waals surface area (Å²) in [6.45, 7) is 15.6. The Bertz CT molecular complexity index is 613. The summed E-state index contributed by atoms with van der Waals surface area (Å²) in [5.74, 6) is -1.80. The van der Waals surface area contributed by atoms with Gasteiger partial charge < -0.3 is 11.1 Å². The maximum atomic E-state index is 12.1. The molecule has 0 unspecified atom stereocenters. The van der Waals surface area contributed by atoms with Gasteiger partial charge in [0, 0.05) is 12.4 Å². The first-order valence-electron chi connectivity index (χ1n) is 11.0. The molecule has 7 heteroatoms. The van der Waals surface area contributed by atoms with E-state index in [1.165, 1.54) is 19.3 Å². The van der Waals surface area contributed by atoms with Crippen LogP contribution in [0.15, 0.2) is 0 Å². The van der Waals surface area contributed by atoms with Crippen LogP contribution in [0.5, 0.6) is 0 Å². The van der Waals surface area contributed by atoms with Gasteiger partial charge in [-0.3, -0.25) is 4.79 Å². The number of amides is 1. The summed E-state index contributed by atoms with van der Waals surface area (Å²) in [6, 6.07) is 0. The summed E-state index contributed by atoms with van der Waals surface area (Å²) in [6.07, 6.45) is 1.14. The van der Waals surface area contributed by atoms with Gasteiger partial charge in [-0.25, -0.2) is 0 Å². The number of nitrogens with one attached hydrogen (secondary N) is 1. The lowest BCUT2D eigenvalue weighted by Crippen LogP contribution is -2.78. The van der Waals surface area contributed by atoms with E-state index in [0.29, 0.717) is 37.0 Å². The fourth-order valence-electron chi connectivity index (χ4n) is 5.69. The molecule has 3 nitrogen and oxygen atoms in total. The third-order valence-corrected chi connectivity index (χ3v) is 7.92. The van der Waals surface area contributed by atoms with Crippen molar-refractivity contribution in [3.05, 3.63) is 0 Å². The van der Waals surface area contributed by atoms with Crippen molar-refractivity contribution in [1.82, 2.24) is 5.32 Å². The van der Waals surface area contributed by atoms with Crippen molar-refractivity contribution in [3.8, 4) is 0 Å². The van der Waals surface area contributed by atoms with Crippen LogP contribution in [0, 0.1) is 21.7 Å². The molecule has 0 spiro atoms. The van der Waals surface area contributed by atoms with E-state index in [9.17, 15) is 18.0 Å². The van der Waals surface area contributed by atoms with Gasteiger partial charge in [-0.05, 0) is 60.2 Å². The third kappa shape index (κ3) is 4.30. The smallest absolute Gasteiger partial charge is 0.343 e. The number of alkyl halides is 3. The molecule has 0 aromatic rings. The lowest BCUT2D eigenvalue weighted by molar-refractivity contribution is -0.227. The average molecular weight is 442 g/mol. The van der Waals surface area contributed by atoms with Crippen molar-refractivity contribution in [2.75, 3.05) is 0 Å². The van der Waals surface area contributed by atoms with E-state index >= 15 is 0 Å². The van der Waals surface area contributed by atoms with E-state index in [4.69, 9.17) is 7.10 Å². The van der Waals surface area contributed by atoms with Gasteiger partial charge in [-0.2, -0.15) is 13.2 Å². The third-order valence-electron chi connectivity index (χ3n) is 7.92. The zero-order valence-electron chi connectivity index (χ0n) is 20.0. The predicted molar refractivity (Wildman–Crippen MR) is 114 cm³/mol. The van der Waals surface area contributed by atoms with Crippen LogP contribution in [0.1, 0.15) is 95.3 Å². The fraction of sp³-hybridized carbons (Fsp3) is 0.955. The lowest BCUT2D eigenvalue weighted by atomic mass is 9.33. The van der Waals surface area contributed by atoms with Gasteiger partial charge in [0.2, 0.25) is 0 Å². The SMILES string of the molecule is CC(C)(C)C12CC(N)(C1)C2.CC(C)(C)C12CC(NC(=O)C(F)(F)F)(C1)C2.Cl.[2H]CC. The molecule has 6 aliphatic carbocycles. The molecule has 0 saturated heterocycles. The zero-order valence-corrected chi connectivity index (χ0v) is 19.8. The van der Waals surface area contributed by atoms with Crippen LogP contribution in [-0.4, -0.2) is 23.2 Å². The molecule has 0 atom stereocenters. The van der Waals surface area contributed by atoms with Gasteiger partial charge >= 0.3 is 12.1 Å².